The van der Waals surface area contributed by atoms with Gasteiger partial charge < -0.3 is 20.7 Å². The van der Waals surface area contributed by atoms with Crippen molar-refractivity contribution in [2.75, 3.05) is 6.61 Å². The van der Waals surface area contributed by atoms with E-state index in [1.807, 2.05) is 0 Å². The molecule has 4 nitrogen and oxygen atoms in total. The zero-order valence-electron chi connectivity index (χ0n) is 3.93. The van der Waals surface area contributed by atoms with Crippen LogP contribution in [-0.2, 0) is 27.2 Å². The van der Waals surface area contributed by atoms with Gasteiger partial charge in [-0.15, -0.1) is 0 Å². The summed E-state index contributed by atoms with van der Waals surface area (Å²) in [5.41, 5.74) is 4.70. The molecule has 0 saturated carbocycles. The molecular weight excluding hydrogens is 206 g/mol. The summed E-state index contributed by atoms with van der Waals surface area (Å²) in [6, 6.07) is -1.24. The summed E-state index contributed by atoms with van der Waals surface area (Å²) in [6.07, 6.45) is 0. The Kier molecular flexibility index (Phi) is 7.25. The van der Waals surface area contributed by atoms with Gasteiger partial charge in [0.2, 0.25) is 0 Å². The van der Waals surface area contributed by atoms with Gasteiger partial charge in [0.15, 0.2) is 0 Å². The molecule has 0 amide bonds. The fourth-order valence-corrected chi connectivity index (χ4v) is 0.0745. The van der Waals surface area contributed by atoms with Gasteiger partial charge in [0, 0.05) is 0 Å². The van der Waals surface area contributed by atoms with Gasteiger partial charge in [-0.3, -0.25) is 0 Å². The van der Waals surface area contributed by atoms with Crippen LogP contribution in [0.5, 0.6) is 0 Å². The summed E-state index contributed by atoms with van der Waals surface area (Å²) >= 11 is 0. The molecule has 0 bridgehead atoms. The summed E-state index contributed by atoms with van der Waals surface area (Å²) in [5, 5.41) is 17.5. The Labute approximate surface area is 62.2 Å². The SMILES string of the molecule is N[C@@H](CO)C(=O)[O-].[Ag+]. The first-order valence-electron chi connectivity index (χ1n) is 1.75. The molecule has 0 spiro atoms. The van der Waals surface area contributed by atoms with Crippen LogP contribution in [0.15, 0.2) is 0 Å². The monoisotopic (exact) mass is 211 g/mol. The van der Waals surface area contributed by atoms with E-state index in [-0.39, 0.29) is 22.4 Å². The Bertz CT molecular complexity index is 76.9. The Hall–Kier alpha value is 0.130. The second-order valence-electron chi connectivity index (χ2n) is 1.11. The maximum atomic E-state index is 9.53. The third-order valence-corrected chi connectivity index (χ3v) is 0.499. The maximum Gasteiger partial charge on any atom is 1.00 e. The zero-order chi connectivity index (χ0) is 5.86. The third-order valence-electron chi connectivity index (χ3n) is 0.499. The average Bonchev–Trinajstić information content (AvgIpc) is 1.65. The molecule has 0 radical (unpaired) electrons. The number of carbonyl (C=O) groups excluding carboxylic acids is 1. The van der Waals surface area contributed by atoms with E-state index in [2.05, 4.69) is 0 Å². The molecular formula is C3H6AgNO3. The van der Waals surface area contributed by atoms with Crippen molar-refractivity contribution >= 4 is 5.97 Å². The quantitative estimate of drug-likeness (QED) is 0.479. The Morgan fingerprint density at radius 1 is 1.88 bits per heavy atom. The number of carboxylic acid groups (broad SMARTS) is 1. The number of carbonyl (C=O) groups is 1. The van der Waals surface area contributed by atoms with E-state index < -0.39 is 18.6 Å². The predicted octanol–water partition coefficient (Wildman–Crippen LogP) is -2.95. The van der Waals surface area contributed by atoms with Gasteiger partial charge in [-0.05, 0) is 0 Å². The van der Waals surface area contributed by atoms with Crippen LogP contribution in [0.4, 0.5) is 0 Å². The minimum absolute atomic E-state index is 0. The molecule has 0 unspecified atom stereocenters. The second kappa shape index (κ2) is 5.27. The van der Waals surface area contributed by atoms with E-state index in [4.69, 9.17) is 10.8 Å². The van der Waals surface area contributed by atoms with Crippen molar-refractivity contribution in [3.05, 3.63) is 0 Å². The number of hydrogen-bond donors (Lipinski definition) is 2. The van der Waals surface area contributed by atoms with Gasteiger partial charge >= 0.3 is 22.4 Å². The molecule has 3 N–H and O–H groups in total. The second-order valence-corrected chi connectivity index (χ2v) is 1.11. The summed E-state index contributed by atoms with van der Waals surface area (Å²) in [4.78, 5) is 9.53. The molecule has 0 fully saturated rings. The molecule has 0 rings (SSSR count). The van der Waals surface area contributed by atoms with E-state index in [1.54, 1.807) is 0 Å². The third kappa shape index (κ3) is 4.29. The molecule has 0 heterocycles. The molecule has 52 valence electrons. The van der Waals surface area contributed by atoms with Gasteiger partial charge in [0.25, 0.3) is 0 Å². The number of hydrogen-bond acceptors (Lipinski definition) is 4. The van der Waals surface area contributed by atoms with E-state index in [0.29, 0.717) is 0 Å². The normalized spacial score (nSPS) is 11.8. The van der Waals surface area contributed by atoms with Crippen molar-refractivity contribution in [3.63, 3.8) is 0 Å². The van der Waals surface area contributed by atoms with Crippen LogP contribution in [0.3, 0.4) is 0 Å². The first-order chi connectivity index (χ1) is 3.18. The summed E-state index contributed by atoms with van der Waals surface area (Å²) < 4.78 is 0. The van der Waals surface area contributed by atoms with E-state index in [1.165, 1.54) is 0 Å². The van der Waals surface area contributed by atoms with Crippen LogP contribution in [0.2, 0.25) is 0 Å². The Morgan fingerprint density at radius 2 is 2.25 bits per heavy atom. The largest absolute Gasteiger partial charge is 1.00 e. The number of rotatable bonds is 2. The van der Waals surface area contributed by atoms with Crippen molar-refractivity contribution < 1.29 is 37.4 Å². The fraction of sp³-hybridized carbons (Fsp3) is 0.667. The van der Waals surface area contributed by atoms with Crippen LogP contribution >= 0.6 is 0 Å². The van der Waals surface area contributed by atoms with Gasteiger partial charge in [0.1, 0.15) is 0 Å². The molecule has 0 aliphatic carbocycles. The van der Waals surface area contributed by atoms with Crippen LogP contribution in [0, 0.1) is 0 Å². The van der Waals surface area contributed by atoms with Gasteiger partial charge in [-0.25, -0.2) is 0 Å². The van der Waals surface area contributed by atoms with Crippen molar-refractivity contribution in [3.8, 4) is 0 Å². The molecule has 0 aromatic rings. The summed E-state index contributed by atoms with van der Waals surface area (Å²) in [5.74, 6) is -1.43. The molecule has 0 aliphatic heterocycles. The summed E-state index contributed by atoms with van der Waals surface area (Å²) in [6.45, 7) is -0.567. The minimum atomic E-state index is -1.43. The van der Waals surface area contributed by atoms with Gasteiger partial charge in [-0.1, -0.05) is 0 Å². The minimum Gasteiger partial charge on any atom is -0.548 e. The molecule has 0 aromatic carbocycles. The molecule has 0 aliphatic rings. The van der Waals surface area contributed by atoms with Crippen LogP contribution in [0.1, 0.15) is 0 Å². The van der Waals surface area contributed by atoms with E-state index >= 15 is 0 Å². The fourth-order valence-electron chi connectivity index (χ4n) is 0.0745. The zero-order valence-corrected chi connectivity index (χ0v) is 5.41. The van der Waals surface area contributed by atoms with E-state index in [9.17, 15) is 9.90 Å². The Morgan fingerprint density at radius 3 is 2.25 bits per heavy atom. The molecule has 5 heteroatoms. The number of carboxylic acids is 1. The van der Waals surface area contributed by atoms with E-state index in [0.717, 1.165) is 0 Å². The summed E-state index contributed by atoms with van der Waals surface area (Å²) in [7, 11) is 0. The average molecular weight is 212 g/mol. The maximum absolute atomic E-state index is 9.53. The molecule has 1 atom stereocenters. The Balaban J connectivity index is 0. The number of nitrogens with two attached hydrogens (primary N) is 1. The van der Waals surface area contributed by atoms with Crippen molar-refractivity contribution in [2.24, 2.45) is 5.73 Å². The van der Waals surface area contributed by atoms with Gasteiger partial charge in [-0.2, -0.15) is 0 Å². The van der Waals surface area contributed by atoms with Crippen molar-refractivity contribution in [2.45, 2.75) is 6.04 Å². The standard InChI is InChI=1S/C3H7NO3.Ag/c4-2(1-5)3(6)7;/h2,5H,1,4H2,(H,6,7);/q;+1/p-1/t2-;/m0./s1. The number of aliphatic hydroxyl groups excluding tert-OH is 1. The van der Waals surface area contributed by atoms with Crippen LogP contribution in [-0.4, -0.2) is 23.7 Å². The van der Waals surface area contributed by atoms with Crippen molar-refractivity contribution in [1.82, 2.24) is 0 Å². The van der Waals surface area contributed by atoms with Crippen molar-refractivity contribution in [1.29, 1.82) is 0 Å². The first-order valence-corrected chi connectivity index (χ1v) is 1.75. The van der Waals surface area contributed by atoms with Crippen LogP contribution < -0.4 is 10.8 Å². The first kappa shape index (κ1) is 11.0. The number of aliphatic carboxylic acids is 1. The topological polar surface area (TPSA) is 86.4 Å². The molecule has 8 heavy (non-hydrogen) atoms. The smallest absolute Gasteiger partial charge is 0.548 e. The number of aliphatic hydroxyl groups is 1. The molecule has 0 saturated heterocycles. The van der Waals surface area contributed by atoms with Crippen LogP contribution in [0.25, 0.3) is 0 Å². The molecule has 0 aromatic heterocycles. The predicted molar refractivity (Wildman–Crippen MR) is 20.1 cm³/mol. The van der Waals surface area contributed by atoms with Gasteiger partial charge in [0.05, 0.1) is 18.6 Å².